The van der Waals surface area contributed by atoms with Crippen molar-refractivity contribution < 1.29 is 0 Å². The summed E-state index contributed by atoms with van der Waals surface area (Å²) in [6.45, 7) is 2.24. The van der Waals surface area contributed by atoms with E-state index < -0.39 is 0 Å². The van der Waals surface area contributed by atoms with Gasteiger partial charge in [-0.3, -0.25) is 0 Å². The number of nitrogens with zero attached hydrogens (tertiary/aromatic N) is 1. The number of anilines is 1. The number of rotatable bonds is 7. The first-order chi connectivity index (χ1) is 9.79. The van der Waals surface area contributed by atoms with Gasteiger partial charge in [0, 0.05) is 0 Å². The van der Waals surface area contributed by atoms with Crippen molar-refractivity contribution >= 4 is 21.6 Å². The van der Waals surface area contributed by atoms with Crippen LogP contribution in [0.4, 0.5) is 5.69 Å². The molecule has 1 heterocycles. The molecule has 1 aromatic heterocycles. The first-order valence-corrected chi connectivity index (χ1v) is 8.02. The summed E-state index contributed by atoms with van der Waals surface area (Å²) in [5.74, 6) is 0. The Balaban J connectivity index is 2.07. The number of unbranched alkanes of at least 4 members (excludes halogenated alkanes) is 2. The fourth-order valence-electron chi connectivity index (χ4n) is 2.27. The zero-order chi connectivity index (χ0) is 14.2. The van der Waals surface area contributed by atoms with Gasteiger partial charge in [0.15, 0.2) is 0 Å². The molecular weight excluding hydrogens is 312 g/mol. The highest BCUT2D eigenvalue weighted by Gasteiger charge is 2.10. The number of nitrogens with one attached hydrogen (secondary N) is 1. The van der Waals surface area contributed by atoms with E-state index in [1.54, 1.807) is 0 Å². The summed E-state index contributed by atoms with van der Waals surface area (Å²) in [7, 11) is 0. The SMILES string of the molecule is CCCCCC(Nc1ccc(Br)nc1)c1ccccc1. The molecule has 0 aliphatic heterocycles. The Hall–Kier alpha value is -1.35. The third kappa shape index (κ3) is 4.64. The van der Waals surface area contributed by atoms with Crippen LogP contribution in [0.2, 0.25) is 0 Å². The first-order valence-electron chi connectivity index (χ1n) is 7.22. The molecule has 0 amide bonds. The standard InChI is InChI=1S/C17H21BrN2/c1-2-3-5-10-16(14-8-6-4-7-9-14)20-15-11-12-17(18)19-13-15/h4,6-9,11-13,16,20H,2-3,5,10H2,1H3. The molecule has 1 aromatic carbocycles. The maximum Gasteiger partial charge on any atom is 0.106 e. The number of hydrogen-bond donors (Lipinski definition) is 1. The molecule has 20 heavy (non-hydrogen) atoms. The molecule has 0 saturated carbocycles. The van der Waals surface area contributed by atoms with Crippen LogP contribution in [0.5, 0.6) is 0 Å². The Morgan fingerprint density at radius 1 is 1.10 bits per heavy atom. The fourth-order valence-corrected chi connectivity index (χ4v) is 2.50. The molecule has 0 aliphatic carbocycles. The van der Waals surface area contributed by atoms with E-state index in [2.05, 4.69) is 69.6 Å². The summed E-state index contributed by atoms with van der Waals surface area (Å²) in [5, 5.41) is 3.60. The van der Waals surface area contributed by atoms with Gasteiger partial charge in [0.2, 0.25) is 0 Å². The van der Waals surface area contributed by atoms with Crippen molar-refractivity contribution in [2.45, 2.75) is 38.6 Å². The summed E-state index contributed by atoms with van der Waals surface area (Å²) in [5.41, 5.74) is 2.41. The molecule has 0 saturated heterocycles. The van der Waals surface area contributed by atoms with Gasteiger partial charge in [-0.05, 0) is 40.0 Å². The van der Waals surface area contributed by atoms with Gasteiger partial charge in [0.05, 0.1) is 17.9 Å². The van der Waals surface area contributed by atoms with Gasteiger partial charge in [-0.15, -0.1) is 0 Å². The Morgan fingerprint density at radius 2 is 1.90 bits per heavy atom. The highest BCUT2D eigenvalue weighted by atomic mass is 79.9. The first kappa shape index (κ1) is 15.0. The van der Waals surface area contributed by atoms with Gasteiger partial charge >= 0.3 is 0 Å². The van der Waals surface area contributed by atoms with E-state index >= 15 is 0 Å². The van der Waals surface area contributed by atoms with Gasteiger partial charge in [0.25, 0.3) is 0 Å². The summed E-state index contributed by atoms with van der Waals surface area (Å²) in [6.07, 6.45) is 6.80. The maximum absolute atomic E-state index is 4.28. The predicted octanol–water partition coefficient (Wildman–Crippen LogP) is 5.58. The molecule has 1 atom stereocenters. The summed E-state index contributed by atoms with van der Waals surface area (Å²) in [4.78, 5) is 4.28. The van der Waals surface area contributed by atoms with Crippen molar-refractivity contribution in [3.8, 4) is 0 Å². The lowest BCUT2D eigenvalue weighted by atomic mass is 10.0. The van der Waals surface area contributed by atoms with Crippen LogP contribution >= 0.6 is 15.9 Å². The number of aromatic nitrogens is 1. The van der Waals surface area contributed by atoms with Crippen LogP contribution in [0.3, 0.4) is 0 Å². The van der Waals surface area contributed by atoms with Crippen molar-refractivity contribution in [3.63, 3.8) is 0 Å². The number of pyridine rings is 1. The van der Waals surface area contributed by atoms with E-state index in [0.717, 1.165) is 16.7 Å². The van der Waals surface area contributed by atoms with Crippen LogP contribution < -0.4 is 5.32 Å². The lowest BCUT2D eigenvalue weighted by Crippen LogP contribution is -2.11. The second kappa shape index (κ2) is 8.05. The van der Waals surface area contributed by atoms with Crippen LogP contribution in [-0.2, 0) is 0 Å². The van der Waals surface area contributed by atoms with E-state index in [1.165, 1.54) is 24.8 Å². The third-order valence-corrected chi connectivity index (χ3v) is 3.84. The molecule has 0 spiro atoms. The van der Waals surface area contributed by atoms with Gasteiger partial charge in [0.1, 0.15) is 4.60 Å². The van der Waals surface area contributed by atoms with Gasteiger partial charge in [-0.2, -0.15) is 0 Å². The molecule has 0 bridgehead atoms. The van der Waals surface area contributed by atoms with Crippen molar-refractivity contribution in [2.75, 3.05) is 5.32 Å². The van der Waals surface area contributed by atoms with Crippen LogP contribution in [0.15, 0.2) is 53.3 Å². The van der Waals surface area contributed by atoms with E-state index in [9.17, 15) is 0 Å². The van der Waals surface area contributed by atoms with Crippen molar-refractivity contribution in [1.82, 2.24) is 4.98 Å². The molecule has 1 unspecified atom stereocenters. The summed E-state index contributed by atoms with van der Waals surface area (Å²) in [6, 6.07) is 15.0. The Bertz CT molecular complexity index is 496. The second-order valence-corrected chi connectivity index (χ2v) is 5.79. The van der Waals surface area contributed by atoms with Crippen molar-refractivity contribution in [3.05, 3.63) is 58.8 Å². The Kier molecular flexibility index (Phi) is 6.06. The summed E-state index contributed by atoms with van der Waals surface area (Å²) < 4.78 is 0.866. The average Bonchev–Trinajstić information content (AvgIpc) is 2.49. The average molecular weight is 333 g/mol. The summed E-state index contributed by atoms with van der Waals surface area (Å²) >= 11 is 3.37. The third-order valence-electron chi connectivity index (χ3n) is 3.37. The lowest BCUT2D eigenvalue weighted by molar-refractivity contribution is 0.606. The molecule has 106 valence electrons. The molecule has 3 heteroatoms. The van der Waals surface area contributed by atoms with Crippen LogP contribution in [0, 0.1) is 0 Å². The highest BCUT2D eigenvalue weighted by Crippen LogP contribution is 2.25. The number of hydrogen-bond acceptors (Lipinski definition) is 2. The zero-order valence-corrected chi connectivity index (χ0v) is 13.4. The topological polar surface area (TPSA) is 24.9 Å². The van der Waals surface area contributed by atoms with Gasteiger partial charge in [-0.1, -0.05) is 56.5 Å². The Morgan fingerprint density at radius 3 is 2.55 bits per heavy atom. The quantitative estimate of drug-likeness (QED) is 0.529. The second-order valence-electron chi connectivity index (χ2n) is 4.97. The number of benzene rings is 1. The molecule has 0 radical (unpaired) electrons. The number of halogens is 1. The molecule has 0 fully saturated rings. The Labute approximate surface area is 129 Å². The van der Waals surface area contributed by atoms with Crippen molar-refractivity contribution in [2.24, 2.45) is 0 Å². The van der Waals surface area contributed by atoms with E-state index in [-0.39, 0.29) is 0 Å². The van der Waals surface area contributed by atoms with Crippen LogP contribution in [0.1, 0.15) is 44.2 Å². The minimum atomic E-state index is 0.353. The van der Waals surface area contributed by atoms with Crippen molar-refractivity contribution in [1.29, 1.82) is 0 Å². The monoisotopic (exact) mass is 332 g/mol. The largest absolute Gasteiger partial charge is 0.377 e. The van der Waals surface area contributed by atoms with E-state index in [4.69, 9.17) is 0 Å². The predicted molar refractivity (Wildman–Crippen MR) is 88.9 cm³/mol. The van der Waals surface area contributed by atoms with Gasteiger partial charge in [-0.25, -0.2) is 4.98 Å². The van der Waals surface area contributed by atoms with Crippen LogP contribution in [-0.4, -0.2) is 4.98 Å². The molecule has 2 nitrogen and oxygen atoms in total. The highest BCUT2D eigenvalue weighted by molar-refractivity contribution is 9.10. The normalized spacial score (nSPS) is 12.1. The smallest absolute Gasteiger partial charge is 0.106 e. The van der Waals surface area contributed by atoms with E-state index in [1.807, 2.05) is 12.3 Å². The molecule has 2 aromatic rings. The lowest BCUT2D eigenvalue weighted by Gasteiger charge is -2.20. The molecule has 1 N–H and O–H groups in total. The maximum atomic E-state index is 4.28. The zero-order valence-electron chi connectivity index (χ0n) is 11.8. The molecule has 0 aliphatic rings. The minimum absolute atomic E-state index is 0.353. The molecule has 2 rings (SSSR count). The minimum Gasteiger partial charge on any atom is -0.377 e. The van der Waals surface area contributed by atoms with E-state index in [0.29, 0.717) is 6.04 Å². The van der Waals surface area contributed by atoms with Crippen LogP contribution in [0.25, 0.3) is 0 Å². The fraction of sp³-hybridized carbons (Fsp3) is 0.353. The van der Waals surface area contributed by atoms with Gasteiger partial charge < -0.3 is 5.32 Å². The molecular formula is C17H21BrN2.